The van der Waals surface area contributed by atoms with Crippen LogP contribution < -0.4 is 5.56 Å². The maximum absolute atomic E-state index is 13.7. The molecule has 5 nitrogen and oxygen atoms in total. The van der Waals surface area contributed by atoms with Crippen LogP contribution in [0.4, 0.5) is 0 Å². The fraction of sp³-hybridized carbons (Fsp3) is 0. The van der Waals surface area contributed by atoms with Crippen molar-refractivity contribution < 1.29 is 0 Å². The van der Waals surface area contributed by atoms with Gasteiger partial charge in [0.25, 0.3) is 5.56 Å². The van der Waals surface area contributed by atoms with Crippen molar-refractivity contribution in [3.8, 4) is 17.2 Å². The van der Waals surface area contributed by atoms with Gasteiger partial charge in [0.2, 0.25) is 5.95 Å². The minimum Gasteiger partial charge on any atom is -0.320 e. The van der Waals surface area contributed by atoms with E-state index in [9.17, 15) is 4.79 Å². The first kappa shape index (κ1) is 25.0. The second kappa shape index (κ2) is 9.34. The SMILES string of the molecule is O=c1[nH]c2c(c3ccccc13)c1ccccc1c1c3ccccc3n(-c3nc(-c4ccccc4)c4ccc5ccccc5c4n3)c21. The van der Waals surface area contributed by atoms with Gasteiger partial charge in [-0.3, -0.25) is 9.36 Å². The van der Waals surface area contributed by atoms with Gasteiger partial charge in [-0.05, 0) is 39.7 Å². The largest absolute Gasteiger partial charge is 0.320 e. The van der Waals surface area contributed by atoms with Crippen molar-refractivity contribution in [1.29, 1.82) is 0 Å². The summed E-state index contributed by atoms with van der Waals surface area (Å²) in [6.45, 7) is 0. The lowest BCUT2D eigenvalue weighted by Crippen LogP contribution is -2.09. The molecule has 0 saturated carbocycles. The van der Waals surface area contributed by atoms with E-state index in [1.54, 1.807) is 0 Å². The molecular formula is C41H24N4O. The first-order chi connectivity index (χ1) is 22.8. The lowest BCUT2D eigenvalue weighted by Gasteiger charge is -2.15. The number of benzene rings is 7. The maximum atomic E-state index is 13.7. The van der Waals surface area contributed by atoms with Crippen LogP contribution in [-0.4, -0.2) is 19.5 Å². The molecule has 3 heterocycles. The molecule has 0 radical (unpaired) electrons. The Morgan fingerprint density at radius 3 is 1.89 bits per heavy atom. The topological polar surface area (TPSA) is 63.6 Å². The molecule has 7 aromatic carbocycles. The second-order valence-corrected chi connectivity index (χ2v) is 11.8. The normalized spacial score (nSPS) is 12.0. The summed E-state index contributed by atoms with van der Waals surface area (Å²) >= 11 is 0. The summed E-state index contributed by atoms with van der Waals surface area (Å²) < 4.78 is 2.15. The van der Waals surface area contributed by atoms with Crippen LogP contribution in [0.15, 0.2) is 144 Å². The monoisotopic (exact) mass is 588 g/mol. The van der Waals surface area contributed by atoms with Gasteiger partial charge in [-0.2, -0.15) is 0 Å². The number of fused-ring (bicyclic) bond motifs is 13. The molecule has 0 atom stereocenters. The van der Waals surface area contributed by atoms with Gasteiger partial charge in [-0.25, -0.2) is 9.97 Å². The summed E-state index contributed by atoms with van der Waals surface area (Å²) in [5, 5.41) is 10.1. The van der Waals surface area contributed by atoms with Crippen LogP contribution in [0, 0.1) is 0 Å². The number of H-pyrrole nitrogens is 1. The van der Waals surface area contributed by atoms with E-state index in [0.717, 1.165) is 81.8 Å². The molecule has 46 heavy (non-hydrogen) atoms. The van der Waals surface area contributed by atoms with Crippen molar-refractivity contribution in [1.82, 2.24) is 19.5 Å². The van der Waals surface area contributed by atoms with Crippen molar-refractivity contribution in [2.45, 2.75) is 0 Å². The Labute approximate surface area is 262 Å². The number of pyridine rings is 1. The summed E-state index contributed by atoms with van der Waals surface area (Å²) in [5.74, 6) is 0.555. The average Bonchev–Trinajstić information content (AvgIpc) is 3.47. The van der Waals surface area contributed by atoms with Crippen LogP contribution >= 0.6 is 0 Å². The number of hydrogen-bond acceptors (Lipinski definition) is 3. The zero-order valence-electron chi connectivity index (χ0n) is 24.5. The van der Waals surface area contributed by atoms with Crippen LogP contribution in [0.1, 0.15) is 0 Å². The van der Waals surface area contributed by atoms with Crippen LogP contribution in [-0.2, 0) is 0 Å². The van der Waals surface area contributed by atoms with E-state index in [2.05, 4.69) is 107 Å². The molecule has 10 aromatic rings. The third-order valence-corrected chi connectivity index (χ3v) is 9.33. The molecule has 3 aromatic heterocycles. The van der Waals surface area contributed by atoms with Gasteiger partial charge in [0.15, 0.2) is 0 Å². The summed E-state index contributed by atoms with van der Waals surface area (Å²) in [7, 11) is 0. The third kappa shape index (κ3) is 3.37. The summed E-state index contributed by atoms with van der Waals surface area (Å²) in [4.78, 5) is 27.7. The molecule has 10 rings (SSSR count). The number of rotatable bonds is 2. The first-order valence-corrected chi connectivity index (χ1v) is 15.4. The van der Waals surface area contributed by atoms with Gasteiger partial charge >= 0.3 is 0 Å². The van der Waals surface area contributed by atoms with Crippen molar-refractivity contribution in [3.05, 3.63) is 150 Å². The highest BCUT2D eigenvalue weighted by atomic mass is 16.1. The van der Waals surface area contributed by atoms with Crippen LogP contribution in [0.5, 0.6) is 0 Å². The number of aromatic amines is 1. The highest BCUT2D eigenvalue weighted by molar-refractivity contribution is 6.35. The fourth-order valence-electron chi connectivity index (χ4n) is 7.38. The summed E-state index contributed by atoms with van der Waals surface area (Å²) in [6, 6.07) is 47.7. The van der Waals surface area contributed by atoms with Crippen molar-refractivity contribution >= 4 is 75.9 Å². The van der Waals surface area contributed by atoms with E-state index < -0.39 is 0 Å². The maximum Gasteiger partial charge on any atom is 0.256 e. The highest BCUT2D eigenvalue weighted by Gasteiger charge is 2.23. The van der Waals surface area contributed by atoms with E-state index in [1.807, 2.05) is 42.5 Å². The minimum atomic E-state index is -0.119. The Morgan fingerprint density at radius 1 is 0.500 bits per heavy atom. The lowest BCUT2D eigenvalue weighted by atomic mass is 9.96. The zero-order valence-corrected chi connectivity index (χ0v) is 24.5. The molecule has 214 valence electrons. The first-order valence-electron chi connectivity index (χ1n) is 15.4. The summed E-state index contributed by atoms with van der Waals surface area (Å²) in [5.41, 5.74) is 5.28. The van der Waals surface area contributed by atoms with Crippen molar-refractivity contribution in [2.75, 3.05) is 0 Å². The second-order valence-electron chi connectivity index (χ2n) is 11.8. The third-order valence-electron chi connectivity index (χ3n) is 9.33. The van der Waals surface area contributed by atoms with E-state index in [-0.39, 0.29) is 5.56 Å². The molecule has 0 saturated heterocycles. The Kier molecular flexibility index (Phi) is 5.08. The number of para-hydroxylation sites is 1. The fourth-order valence-corrected chi connectivity index (χ4v) is 7.38. The van der Waals surface area contributed by atoms with Gasteiger partial charge in [-0.1, -0.05) is 121 Å². The van der Waals surface area contributed by atoms with E-state index >= 15 is 0 Å². The van der Waals surface area contributed by atoms with E-state index in [1.165, 1.54) is 0 Å². The molecule has 1 N–H and O–H groups in total. The predicted molar refractivity (Wildman–Crippen MR) is 190 cm³/mol. The molecular weight excluding hydrogens is 564 g/mol. The molecule has 0 unspecified atom stereocenters. The number of hydrogen-bond donors (Lipinski definition) is 1. The van der Waals surface area contributed by atoms with Crippen LogP contribution in [0.3, 0.4) is 0 Å². The lowest BCUT2D eigenvalue weighted by molar-refractivity contribution is 1.02. The number of nitrogens with zero attached hydrogens (tertiary/aromatic N) is 3. The zero-order chi connectivity index (χ0) is 30.4. The molecule has 0 aliphatic rings. The van der Waals surface area contributed by atoms with Crippen LogP contribution in [0.2, 0.25) is 0 Å². The van der Waals surface area contributed by atoms with Crippen molar-refractivity contribution in [2.24, 2.45) is 0 Å². The molecule has 5 heteroatoms. The number of aromatic nitrogens is 4. The highest BCUT2D eigenvalue weighted by Crippen LogP contribution is 2.43. The molecule has 0 amide bonds. The van der Waals surface area contributed by atoms with Gasteiger partial charge in [0, 0.05) is 37.9 Å². The number of nitrogens with one attached hydrogen (secondary N) is 1. The molecule has 0 bridgehead atoms. The Hall–Kier alpha value is -6.33. The molecule has 0 fully saturated rings. The van der Waals surface area contributed by atoms with Gasteiger partial charge in [0.1, 0.15) is 0 Å². The Balaban J connectivity index is 1.48. The molecule has 0 spiro atoms. The van der Waals surface area contributed by atoms with Crippen LogP contribution in [0.25, 0.3) is 93.1 Å². The van der Waals surface area contributed by atoms with Gasteiger partial charge in [-0.15, -0.1) is 0 Å². The van der Waals surface area contributed by atoms with E-state index in [4.69, 9.17) is 9.97 Å². The molecule has 0 aliphatic heterocycles. The smallest absolute Gasteiger partial charge is 0.256 e. The average molecular weight is 589 g/mol. The quantitative estimate of drug-likeness (QED) is 0.205. The molecule has 0 aliphatic carbocycles. The van der Waals surface area contributed by atoms with Gasteiger partial charge < -0.3 is 4.98 Å². The predicted octanol–water partition coefficient (Wildman–Crippen LogP) is 9.69. The Morgan fingerprint density at radius 2 is 1.11 bits per heavy atom. The summed E-state index contributed by atoms with van der Waals surface area (Å²) in [6.07, 6.45) is 0. The van der Waals surface area contributed by atoms with Gasteiger partial charge in [0.05, 0.1) is 27.8 Å². The minimum absolute atomic E-state index is 0.119. The van der Waals surface area contributed by atoms with E-state index in [0.29, 0.717) is 11.3 Å². The van der Waals surface area contributed by atoms with Crippen molar-refractivity contribution in [3.63, 3.8) is 0 Å². The Bertz CT molecular complexity index is 2940. The standard InChI is InChI=1S/C41H24N4O/c46-40-30-19-9-8-18-29(30)34-27-16-6-7-17-28(27)35-31-20-10-11-21-33(31)45(39(35)38(34)42-40)41-43-36(25-13-2-1-3-14-25)32-23-22-24-12-4-5-15-26(24)37(32)44-41/h1-23H,(H,42,46).